The Bertz CT molecular complexity index is 480. The summed E-state index contributed by atoms with van der Waals surface area (Å²) in [5.74, 6) is -33.6. The molecule has 1 unspecified atom stereocenters. The summed E-state index contributed by atoms with van der Waals surface area (Å²) in [6, 6.07) is 0. The maximum atomic E-state index is 12.9. The molecule has 0 rings (SSSR count). The lowest BCUT2D eigenvalue weighted by atomic mass is 9.86. The molecule has 0 spiro atoms. The van der Waals surface area contributed by atoms with Gasteiger partial charge in [0.05, 0.1) is 0 Å². The van der Waals surface area contributed by atoms with Crippen molar-refractivity contribution >= 4 is 0 Å². The highest BCUT2D eigenvalue weighted by molar-refractivity contribution is 5.15. The summed E-state index contributed by atoms with van der Waals surface area (Å²) in [4.78, 5) is 0. The molecule has 25 heavy (non-hydrogen) atoms. The number of alkyl halides is 17. The van der Waals surface area contributed by atoms with E-state index in [9.17, 15) is 74.6 Å². The molecule has 17 heteroatoms. The number of halogens is 17. The van der Waals surface area contributed by atoms with E-state index in [2.05, 4.69) is 0 Å². The summed E-state index contributed by atoms with van der Waals surface area (Å²) in [6.07, 6.45) is -21.8. The fourth-order valence-electron chi connectivity index (χ4n) is 1.24. The first kappa shape index (κ1) is 23.8. The third kappa shape index (κ3) is 2.86. The van der Waals surface area contributed by atoms with Gasteiger partial charge in [-0.1, -0.05) is 0 Å². The van der Waals surface area contributed by atoms with E-state index < -0.39 is 48.1 Å². The van der Waals surface area contributed by atoms with E-state index >= 15 is 0 Å². The van der Waals surface area contributed by atoms with Crippen LogP contribution in [0.1, 0.15) is 0 Å². The van der Waals surface area contributed by atoms with Crippen molar-refractivity contribution in [2.24, 2.45) is 0 Å². The van der Waals surface area contributed by atoms with E-state index in [0.717, 1.165) is 0 Å². The first-order valence-corrected chi connectivity index (χ1v) is 5.06. The lowest BCUT2D eigenvalue weighted by Crippen LogP contribution is -2.74. The molecule has 0 aromatic rings. The second-order valence-corrected chi connectivity index (χ2v) is 4.31. The molecule has 0 amide bonds. The van der Waals surface area contributed by atoms with Crippen LogP contribution in [0.4, 0.5) is 74.6 Å². The van der Waals surface area contributed by atoms with E-state index in [0.29, 0.717) is 0 Å². The van der Waals surface area contributed by atoms with Crippen LogP contribution >= 0.6 is 0 Å². The first-order chi connectivity index (χ1) is 10.4. The third-order valence-corrected chi connectivity index (χ3v) is 2.71. The molecule has 0 N–H and O–H groups in total. The van der Waals surface area contributed by atoms with E-state index in [4.69, 9.17) is 0 Å². The Morgan fingerprint density at radius 2 is 0.640 bits per heavy atom. The van der Waals surface area contributed by atoms with Crippen LogP contribution < -0.4 is 0 Å². The molecule has 0 saturated carbocycles. The molecule has 0 saturated heterocycles. The van der Waals surface area contributed by atoms with Crippen LogP contribution in [0, 0.1) is 0 Å². The Morgan fingerprint density at radius 3 is 0.840 bits per heavy atom. The highest BCUT2D eigenvalue weighted by Crippen LogP contribution is 2.63. The fourth-order valence-corrected chi connectivity index (χ4v) is 1.24. The molecule has 1 atom stereocenters. The van der Waals surface area contributed by atoms with Crippen molar-refractivity contribution in [1.29, 1.82) is 0 Å². The van der Waals surface area contributed by atoms with Crippen LogP contribution in [-0.2, 0) is 0 Å². The molecule has 152 valence electrons. The van der Waals surface area contributed by atoms with Gasteiger partial charge in [0.15, 0.2) is 0 Å². The molecular formula is C8HF17. The number of hydrogen-bond acceptors (Lipinski definition) is 0. The van der Waals surface area contributed by atoms with E-state index in [-0.39, 0.29) is 0 Å². The Hall–Kier alpha value is -1.19. The van der Waals surface area contributed by atoms with Crippen LogP contribution in [0.15, 0.2) is 0 Å². The normalized spacial score (nSPS) is 18.5. The van der Waals surface area contributed by atoms with Gasteiger partial charge in [-0.2, -0.15) is 61.5 Å². The smallest absolute Gasteiger partial charge is 0.220 e. The topological polar surface area (TPSA) is 0 Å². The largest absolute Gasteiger partial charge is 0.460 e. The van der Waals surface area contributed by atoms with Crippen LogP contribution in [0.3, 0.4) is 0 Å². The SMILES string of the molecule is FC(F)C(F)(C(F)(F)F)C(F)(F)C(F)(F)C(F)(F)C(F)(F)C(F)(F)F. The fraction of sp³-hybridized carbons (Fsp3) is 1.00. The van der Waals surface area contributed by atoms with Crippen molar-refractivity contribution in [1.82, 2.24) is 0 Å². The lowest BCUT2D eigenvalue weighted by molar-refractivity contribution is -0.453. The molecule has 0 aliphatic heterocycles. The molecule has 0 nitrogen and oxygen atoms in total. The molecule has 0 heterocycles. The highest BCUT2D eigenvalue weighted by Gasteiger charge is 2.94. The Morgan fingerprint density at radius 1 is 0.360 bits per heavy atom. The van der Waals surface area contributed by atoms with Crippen molar-refractivity contribution in [3.63, 3.8) is 0 Å². The van der Waals surface area contributed by atoms with Gasteiger partial charge in [-0.15, -0.1) is 0 Å². The highest BCUT2D eigenvalue weighted by atomic mass is 19.4. The minimum Gasteiger partial charge on any atom is -0.220 e. The molecule has 0 aromatic carbocycles. The predicted octanol–water partition coefficient (Wildman–Crippen LogP) is 5.63. The summed E-state index contributed by atoms with van der Waals surface area (Å²) < 4.78 is 209. The van der Waals surface area contributed by atoms with Crippen molar-refractivity contribution in [2.45, 2.75) is 48.1 Å². The maximum Gasteiger partial charge on any atom is 0.460 e. The summed E-state index contributed by atoms with van der Waals surface area (Å²) in [7, 11) is 0. The van der Waals surface area contributed by atoms with Crippen LogP contribution in [0.2, 0.25) is 0 Å². The second-order valence-electron chi connectivity index (χ2n) is 4.31. The monoisotopic (exact) mass is 420 g/mol. The van der Waals surface area contributed by atoms with Crippen LogP contribution in [0.5, 0.6) is 0 Å². The zero-order valence-corrected chi connectivity index (χ0v) is 10.5. The minimum atomic E-state index is -8.56. The van der Waals surface area contributed by atoms with Crippen LogP contribution in [0.25, 0.3) is 0 Å². The van der Waals surface area contributed by atoms with E-state index in [1.807, 2.05) is 0 Å². The molecule has 0 aromatic heterocycles. The van der Waals surface area contributed by atoms with Crippen molar-refractivity contribution < 1.29 is 74.6 Å². The van der Waals surface area contributed by atoms with Gasteiger partial charge in [0, 0.05) is 0 Å². The van der Waals surface area contributed by atoms with Gasteiger partial charge in [0.25, 0.3) is 6.43 Å². The predicted molar refractivity (Wildman–Crippen MR) is 41.7 cm³/mol. The average Bonchev–Trinajstić information content (AvgIpc) is 2.33. The molecule has 0 aliphatic rings. The molecular weight excluding hydrogens is 419 g/mol. The quantitative estimate of drug-likeness (QED) is 0.507. The number of rotatable bonds is 5. The van der Waals surface area contributed by atoms with Gasteiger partial charge in [-0.05, 0) is 0 Å². The van der Waals surface area contributed by atoms with Gasteiger partial charge in [-0.25, -0.2) is 13.2 Å². The lowest BCUT2D eigenvalue weighted by Gasteiger charge is -2.42. The summed E-state index contributed by atoms with van der Waals surface area (Å²) in [5, 5.41) is 0. The Kier molecular flexibility index (Phi) is 5.38. The van der Waals surface area contributed by atoms with Crippen molar-refractivity contribution in [3.05, 3.63) is 0 Å². The second kappa shape index (κ2) is 5.65. The Labute approximate surface area is 124 Å². The maximum absolute atomic E-state index is 12.9. The van der Waals surface area contributed by atoms with Gasteiger partial charge in [0.1, 0.15) is 0 Å². The average molecular weight is 420 g/mol. The van der Waals surface area contributed by atoms with Crippen molar-refractivity contribution in [2.75, 3.05) is 0 Å². The zero-order chi connectivity index (χ0) is 21.1. The third-order valence-electron chi connectivity index (χ3n) is 2.71. The summed E-state index contributed by atoms with van der Waals surface area (Å²) in [5.41, 5.74) is -7.88. The van der Waals surface area contributed by atoms with E-state index in [1.165, 1.54) is 0 Å². The standard InChI is InChI=1S/C8HF17/c9-1(10)2(11,7(20,21)22)3(12,13)4(14,15)5(16,17)6(18,19)8(23,24)25/h1H. The van der Waals surface area contributed by atoms with Gasteiger partial charge in [-0.3, -0.25) is 0 Å². The molecule has 0 fully saturated rings. The van der Waals surface area contributed by atoms with Gasteiger partial charge in [0.2, 0.25) is 0 Å². The van der Waals surface area contributed by atoms with Gasteiger partial charge >= 0.3 is 41.7 Å². The first-order valence-electron chi connectivity index (χ1n) is 5.06. The Balaban J connectivity index is 6.67. The van der Waals surface area contributed by atoms with Crippen molar-refractivity contribution in [3.8, 4) is 0 Å². The van der Waals surface area contributed by atoms with Crippen LogP contribution in [-0.4, -0.2) is 48.1 Å². The molecule has 0 radical (unpaired) electrons. The molecule has 0 aliphatic carbocycles. The zero-order valence-electron chi connectivity index (χ0n) is 10.5. The minimum absolute atomic E-state index is 6.26. The van der Waals surface area contributed by atoms with Gasteiger partial charge < -0.3 is 0 Å². The molecule has 0 bridgehead atoms. The number of hydrogen-bond donors (Lipinski definition) is 0. The summed E-state index contributed by atoms with van der Waals surface area (Å²) >= 11 is 0. The summed E-state index contributed by atoms with van der Waals surface area (Å²) in [6.45, 7) is 0. The van der Waals surface area contributed by atoms with E-state index in [1.54, 1.807) is 0 Å².